The summed E-state index contributed by atoms with van der Waals surface area (Å²) >= 11 is 6.00. The van der Waals surface area contributed by atoms with Crippen molar-refractivity contribution in [1.29, 1.82) is 0 Å². The van der Waals surface area contributed by atoms with Gasteiger partial charge < -0.3 is 5.32 Å². The van der Waals surface area contributed by atoms with Gasteiger partial charge in [-0.15, -0.1) is 15.3 Å². The monoisotopic (exact) mass is 525 g/mol. The molecule has 12 nitrogen and oxygen atoms in total. The molecule has 0 heterocycles. The Kier molecular flexibility index (Phi) is 10.0. The predicted octanol–water partition coefficient (Wildman–Crippen LogP) is 1.65. The molecular weight excluding hydrogens is 511 g/mol. The van der Waals surface area contributed by atoms with E-state index in [9.17, 15) is 27.9 Å². The molecule has 0 saturated carbocycles. The minimum absolute atomic E-state index is 0. The molecule has 0 aromatic heterocycles. The first-order valence-corrected chi connectivity index (χ1v) is 11.1. The zero-order chi connectivity index (χ0) is 24.7. The fraction of sp³-hybridized carbons (Fsp3) is 0. The molecule has 0 spiro atoms. The molecule has 15 heteroatoms. The Hall–Kier alpha value is -3.20. The van der Waals surface area contributed by atoms with Gasteiger partial charge in [-0.1, -0.05) is 41.9 Å². The number of nitro groups is 1. The summed E-state index contributed by atoms with van der Waals surface area (Å²) in [6.45, 7) is 0. The summed E-state index contributed by atoms with van der Waals surface area (Å²) in [5, 5.41) is 24.7. The molecule has 0 bridgehead atoms. The summed E-state index contributed by atoms with van der Waals surface area (Å²) in [6.07, 6.45) is 0. The van der Waals surface area contributed by atoms with Gasteiger partial charge in [0, 0.05) is 17.8 Å². The van der Waals surface area contributed by atoms with E-state index in [4.69, 9.17) is 11.6 Å². The molecule has 0 fully saturated rings. The van der Waals surface area contributed by atoms with Crippen LogP contribution in [-0.4, -0.2) is 29.6 Å². The third kappa shape index (κ3) is 7.92. The largest absolute Gasteiger partial charge is 1.00 e. The first kappa shape index (κ1) is 28.0. The van der Waals surface area contributed by atoms with Gasteiger partial charge in [-0.05, 0) is 30.3 Å². The van der Waals surface area contributed by atoms with Gasteiger partial charge >= 0.3 is 29.6 Å². The Balaban J connectivity index is 0.00000432. The second-order valence-electron chi connectivity index (χ2n) is 6.43. The van der Waals surface area contributed by atoms with Gasteiger partial charge in [-0.2, -0.15) is 8.42 Å². The number of amides is 1. The van der Waals surface area contributed by atoms with Crippen molar-refractivity contribution in [1.82, 2.24) is 0 Å². The van der Waals surface area contributed by atoms with Crippen molar-refractivity contribution in [3.8, 4) is 0 Å². The molecule has 0 atom stereocenters. The van der Waals surface area contributed by atoms with Crippen molar-refractivity contribution in [2.45, 2.75) is 4.90 Å². The number of nitro benzene ring substituents is 1. The number of hydrazone groups is 1. The van der Waals surface area contributed by atoms with Crippen LogP contribution in [0.15, 0.2) is 93.0 Å². The zero-order valence-corrected chi connectivity index (χ0v) is 21.6. The van der Waals surface area contributed by atoms with E-state index in [1.54, 1.807) is 30.3 Å². The van der Waals surface area contributed by atoms with E-state index in [-0.39, 0.29) is 51.6 Å². The summed E-state index contributed by atoms with van der Waals surface area (Å²) in [5.41, 5.74) is 2.42. The maximum absolute atomic E-state index is 12.7. The molecule has 0 aliphatic rings. The van der Waals surface area contributed by atoms with Crippen molar-refractivity contribution < 1.29 is 52.2 Å². The number of amidine groups is 1. The first-order valence-electron chi connectivity index (χ1n) is 9.27. The molecule has 3 aromatic carbocycles. The van der Waals surface area contributed by atoms with E-state index in [2.05, 4.69) is 26.1 Å². The maximum Gasteiger partial charge on any atom is 1.00 e. The number of non-ortho nitro benzene ring substituents is 1. The van der Waals surface area contributed by atoms with Crippen molar-refractivity contribution in [2.24, 2.45) is 15.3 Å². The molecule has 3 aromatic rings. The molecule has 174 valence electrons. The number of benzene rings is 3. The van der Waals surface area contributed by atoms with Crippen LogP contribution in [0.3, 0.4) is 0 Å². The maximum atomic E-state index is 12.7. The zero-order valence-electron chi connectivity index (χ0n) is 18.0. The number of nitrogens with one attached hydrogen (secondary N) is 2. The van der Waals surface area contributed by atoms with Gasteiger partial charge in [0.25, 0.3) is 27.5 Å². The van der Waals surface area contributed by atoms with E-state index in [0.717, 1.165) is 18.2 Å². The van der Waals surface area contributed by atoms with Gasteiger partial charge in [-0.3, -0.25) is 24.9 Å². The van der Waals surface area contributed by atoms with Crippen molar-refractivity contribution in [3.63, 3.8) is 0 Å². The average Bonchev–Trinajstić information content (AvgIpc) is 2.80. The summed E-state index contributed by atoms with van der Waals surface area (Å²) in [4.78, 5) is 22.5. The van der Waals surface area contributed by atoms with Gasteiger partial charge in [0.2, 0.25) is 0 Å². The molecule has 0 aliphatic heterocycles. The number of halogens is 1. The number of anilines is 2. The Morgan fingerprint density at radius 1 is 1.03 bits per heavy atom. The summed E-state index contributed by atoms with van der Waals surface area (Å²) in [6, 6.07) is 17.1. The molecule has 3 rings (SSSR count). The number of para-hydroxylation sites is 2. The second kappa shape index (κ2) is 12.5. The molecule has 0 aliphatic carbocycles. The molecule has 35 heavy (non-hydrogen) atoms. The topological polar surface area (TPSA) is 176 Å². The van der Waals surface area contributed by atoms with Crippen LogP contribution in [0.25, 0.3) is 0 Å². The van der Waals surface area contributed by atoms with Gasteiger partial charge in [0.15, 0.2) is 0 Å². The number of azo groups is 1. The number of rotatable bonds is 6. The fourth-order valence-corrected chi connectivity index (χ4v) is 3.37. The molecule has 0 unspecified atom stereocenters. The van der Waals surface area contributed by atoms with E-state index >= 15 is 0 Å². The fourth-order valence-electron chi connectivity index (χ4n) is 2.52. The van der Waals surface area contributed by atoms with Crippen LogP contribution < -0.4 is 40.3 Å². The summed E-state index contributed by atoms with van der Waals surface area (Å²) < 4.78 is 32.5. The number of carbonyl (C=O) groups excluding carboxylic acids is 1. The van der Waals surface area contributed by atoms with Gasteiger partial charge in [0.1, 0.15) is 10.6 Å². The second-order valence-corrected chi connectivity index (χ2v) is 8.23. The quantitative estimate of drug-likeness (QED) is 0.0833. The minimum Gasteiger partial charge on any atom is -0.319 e. The normalized spacial score (nSPS) is 11.5. The molecule has 3 N–H and O–H groups in total. The smallest absolute Gasteiger partial charge is 0.319 e. The SMILES string of the molecule is O=C(Nc1ccccc1)/C(N=Nc1ccc([N+](=O)[O-])cc1Cl)=N/Nc1ccccc1S(=O)(=O)O.[Na+]. The van der Waals surface area contributed by atoms with E-state index in [0.29, 0.717) is 5.69 Å². The van der Waals surface area contributed by atoms with E-state index < -0.39 is 31.7 Å². The number of hydrogen-bond donors (Lipinski definition) is 3. The van der Waals surface area contributed by atoms with Crippen LogP contribution in [-0.2, 0) is 14.9 Å². The average molecular weight is 526 g/mol. The van der Waals surface area contributed by atoms with Crippen molar-refractivity contribution in [3.05, 3.63) is 87.9 Å². The van der Waals surface area contributed by atoms with Crippen LogP contribution in [0.5, 0.6) is 0 Å². The molecule has 0 radical (unpaired) electrons. The Morgan fingerprint density at radius 3 is 2.31 bits per heavy atom. The van der Waals surface area contributed by atoms with Crippen LogP contribution in [0, 0.1) is 10.1 Å². The van der Waals surface area contributed by atoms with Crippen molar-refractivity contribution in [2.75, 3.05) is 10.7 Å². The van der Waals surface area contributed by atoms with Crippen LogP contribution in [0.4, 0.5) is 22.7 Å². The van der Waals surface area contributed by atoms with Gasteiger partial charge in [-0.25, -0.2) is 0 Å². The van der Waals surface area contributed by atoms with E-state index in [1.807, 2.05) is 0 Å². The Morgan fingerprint density at radius 2 is 1.69 bits per heavy atom. The standard InChI is InChI=1S/C20H15ClN6O6S.Na/c21-15-12-14(27(29)30)10-11-16(15)23-25-19(20(28)22-13-6-2-1-3-7-13)26-24-17-8-4-5-9-18(17)34(31,32)33;/h1-12,24H,(H,22,28)(H,31,32,33);/q;+1/b25-23?,26-19-;. The van der Waals surface area contributed by atoms with Crippen LogP contribution in [0.2, 0.25) is 5.02 Å². The molecule has 1 amide bonds. The Bertz CT molecular complexity index is 1400. The van der Waals surface area contributed by atoms with E-state index in [1.165, 1.54) is 24.3 Å². The van der Waals surface area contributed by atoms with Crippen LogP contribution in [0.1, 0.15) is 0 Å². The number of carbonyl (C=O) groups is 1. The summed E-state index contributed by atoms with van der Waals surface area (Å²) in [7, 11) is -4.58. The van der Waals surface area contributed by atoms with Crippen molar-refractivity contribution >= 4 is 56.2 Å². The van der Waals surface area contributed by atoms with Gasteiger partial charge in [0.05, 0.1) is 15.6 Å². The summed E-state index contributed by atoms with van der Waals surface area (Å²) in [5.74, 6) is -1.35. The first-order chi connectivity index (χ1) is 16.1. The van der Waals surface area contributed by atoms with Crippen LogP contribution >= 0.6 is 11.6 Å². The number of nitrogens with zero attached hydrogens (tertiary/aromatic N) is 4. The third-order valence-electron chi connectivity index (χ3n) is 4.08. The third-order valence-corrected chi connectivity index (χ3v) is 5.29. The molecule has 0 saturated heterocycles. The number of hydrogen-bond acceptors (Lipinski definition) is 8. The predicted molar refractivity (Wildman–Crippen MR) is 125 cm³/mol. The minimum atomic E-state index is -4.58. The Labute approximate surface area is 226 Å². The molecular formula is C20H15ClN6NaO6S+.